The van der Waals surface area contributed by atoms with Gasteiger partial charge in [0.15, 0.2) is 5.79 Å². The Morgan fingerprint density at radius 2 is 2.15 bits per heavy atom. The summed E-state index contributed by atoms with van der Waals surface area (Å²) in [6.07, 6.45) is -0.982. The number of hydrogen-bond donors (Lipinski definition) is 2. The molecule has 2 unspecified atom stereocenters. The highest BCUT2D eigenvalue weighted by atomic mass is 16.7. The van der Waals surface area contributed by atoms with E-state index in [0.717, 1.165) is 0 Å². The topological polar surface area (TPSA) is 58.9 Å². The van der Waals surface area contributed by atoms with E-state index in [0.29, 0.717) is 6.61 Å². The van der Waals surface area contributed by atoms with Gasteiger partial charge in [0, 0.05) is 12.5 Å². The molecule has 0 bridgehead atoms. The second kappa shape index (κ2) is 3.92. The van der Waals surface area contributed by atoms with Crippen LogP contribution in [0.25, 0.3) is 0 Å². The van der Waals surface area contributed by atoms with Crippen LogP contribution in [0, 0.1) is 5.92 Å². The summed E-state index contributed by atoms with van der Waals surface area (Å²) in [7, 11) is 0. The maximum absolute atomic E-state index is 9.68. The van der Waals surface area contributed by atoms with E-state index in [9.17, 15) is 5.11 Å². The number of ether oxygens (including phenoxy) is 2. The molecule has 1 aliphatic heterocycles. The quantitative estimate of drug-likeness (QED) is 0.664. The zero-order chi connectivity index (χ0) is 10.1. The average Bonchev–Trinajstić information content (AvgIpc) is 2.43. The Balaban J connectivity index is 2.46. The van der Waals surface area contributed by atoms with Gasteiger partial charge in [-0.25, -0.2) is 0 Å². The molecule has 0 saturated carbocycles. The van der Waals surface area contributed by atoms with E-state index in [2.05, 4.69) is 0 Å². The maximum atomic E-state index is 9.68. The molecular formula is C9H18O4. The molecule has 0 amide bonds. The van der Waals surface area contributed by atoms with Crippen LogP contribution in [0.1, 0.15) is 20.8 Å². The van der Waals surface area contributed by atoms with Gasteiger partial charge in [0.2, 0.25) is 0 Å². The lowest BCUT2D eigenvalue weighted by atomic mass is 10.0. The van der Waals surface area contributed by atoms with Crippen LogP contribution in [0.5, 0.6) is 0 Å². The molecule has 4 heteroatoms. The molecule has 78 valence electrons. The molecule has 0 aromatic rings. The SMILES string of the molecule is CC(CO)C(O)[C@H]1COC(C)(C)O1. The first-order chi connectivity index (χ1) is 5.96. The van der Waals surface area contributed by atoms with Crippen LogP contribution in [0.3, 0.4) is 0 Å². The van der Waals surface area contributed by atoms with Gasteiger partial charge < -0.3 is 19.7 Å². The standard InChI is InChI=1S/C9H18O4/c1-6(4-10)8(11)7-5-12-9(2,3)13-7/h6-8,10-11H,4-5H2,1-3H3/t6?,7-,8?/m1/s1. The first-order valence-corrected chi connectivity index (χ1v) is 4.57. The fourth-order valence-electron chi connectivity index (χ4n) is 1.36. The first-order valence-electron chi connectivity index (χ1n) is 4.57. The first kappa shape index (κ1) is 10.9. The Morgan fingerprint density at radius 1 is 1.54 bits per heavy atom. The van der Waals surface area contributed by atoms with Gasteiger partial charge in [-0.15, -0.1) is 0 Å². The molecule has 0 aromatic carbocycles. The number of hydrogen-bond acceptors (Lipinski definition) is 4. The zero-order valence-corrected chi connectivity index (χ0v) is 8.36. The van der Waals surface area contributed by atoms with Crippen molar-refractivity contribution in [3.05, 3.63) is 0 Å². The zero-order valence-electron chi connectivity index (χ0n) is 8.36. The summed E-state index contributed by atoms with van der Waals surface area (Å²) in [5.41, 5.74) is 0. The van der Waals surface area contributed by atoms with E-state index in [1.54, 1.807) is 6.92 Å². The van der Waals surface area contributed by atoms with Gasteiger partial charge in [-0.3, -0.25) is 0 Å². The number of rotatable bonds is 3. The van der Waals surface area contributed by atoms with Crippen molar-refractivity contribution < 1.29 is 19.7 Å². The van der Waals surface area contributed by atoms with E-state index >= 15 is 0 Å². The highest BCUT2D eigenvalue weighted by molar-refractivity contribution is 4.80. The van der Waals surface area contributed by atoms with Crippen molar-refractivity contribution in [1.82, 2.24) is 0 Å². The highest BCUT2D eigenvalue weighted by Crippen LogP contribution is 2.26. The van der Waals surface area contributed by atoms with E-state index in [1.807, 2.05) is 13.8 Å². The molecule has 0 spiro atoms. The van der Waals surface area contributed by atoms with Crippen LogP contribution in [0.15, 0.2) is 0 Å². The Morgan fingerprint density at radius 3 is 2.54 bits per heavy atom. The van der Waals surface area contributed by atoms with Crippen molar-refractivity contribution in [2.45, 2.75) is 38.8 Å². The van der Waals surface area contributed by atoms with Gasteiger partial charge in [-0.2, -0.15) is 0 Å². The molecule has 1 aliphatic rings. The minimum Gasteiger partial charge on any atom is -0.396 e. The third-order valence-electron chi connectivity index (χ3n) is 2.28. The molecule has 4 nitrogen and oxygen atoms in total. The summed E-state index contributed by atoms with van der Waals surface area (Å²) in [4.78, 5) is 0. The predicted molar refractivity (Wildman–Crippen MR) is 47.2 cm³/mol. The third kappa shape index (κ3) is 2.64. The maximum Gasteiger partial charge on any atom is 0.163 e. The Kier molecular flexibility index (Phi) is 3.29. The fraction of sp³-hybridized carbons (Fsp3) is 1.00. The highest BCUT2D eigenvalue weighted by Gasteiger charge is 2.38. The second-order valence-corrected chi connectivity index (χ2v) is 4.02. The van der Waals surface area contributed by atoms with E-state index < -0.39 is 11.9 Å². The average molecular weight is 190 g/mol. The third-order valence-corrected chi connectivity index (χ3v) is 2.28. The van der Waals surface area contributed by atoms with Crippen LogP contribution in [-0.2, 0) is 9.47 Å². The minimum absolute atomic E-state index is 0.0402. The smallest absolute Gasteiger partial charge is 0.163 e. The Labute approximate surface area is 78.5 Å². The van der Waals surface area contributed by atoms with Crippen LogP contribution in [0.2, 0.25) is 0 Å². The molecule has 1 fully saturated rings. The molecule has 1 heterocycles. The van der Waals surface area contributed by atoms with Gasteiger partial charge in [-0.1, -0.05) is 6.92 Å². The van der Waals surface area contributed by atoms with Crippen molar-refractivity contribution in [2.75, 3.05) is 13.2 Å². The number of aliphatic hydroxyl groups is 2. The lowest BCUT2D eigenvalue weighted by Gasteiger charge is -2.23. The largest absolute Gasteiger partial charge is 0.396 e. The minimum atomic E-state index is -0.660. The number of aliphatic hydroxyl groups excluding tert-OH is 2. The summed E-state index contributed by atoms with van der Waals surface area (Å²) < 4.78 is 10.8. The summed E-state index contributed by atoms with van der Waals surface area (Å²) >= 11 is 0. The van der Waals surface area contributed by atoms with Crippen molar-refractivity contribution >= 4 is 0 Å². The molecule has 13 heavy (non-hydrogen) atoms. The lowest BCUT2D eigenvalue weighted by molar-refractivity contribution is -0.156. The molecule has 1 rings (SSSR count). The second-order valence-electron chi connectivity index (χ2n) is 4.02. The molecule has 0 aliphatic carbocycles. The van der Waals surface area contributed by atoms with Crippen LogP contribution in [-0.4, -0.2) is 41.4 Å². The molecule has 2 N–H and O–H groups in total. The van der Waals surface area contributed by atoms with Gasteiger partial charge in [-0.05, 0) is 13.8 Å². The van der Waals surface area contributed by atoms with E-state index in [-0.39, 0.29) is 18.6 Å². The van der Waals surface area contributed by atoms with Crippen molar-refractivity contribution in [3.63, 3.8) is 0 Å². The summed E-state index contributed by atoms with van der Waals surface area (Å²) in [5, 5.41) is 18.5. The summed E-state index contributed by atoms with van der Waals surface area (Å²) in [6, 6.07) is 0. The molecule has 0 radical (unpaired) electrons. The molecule has 0 aromatic heterocycles. The van der Waals surface area contributed by atoms with Crippen LogP contribution < -0.4 is 0 Å². The van der Waals surface area contributed by atoms with Crippen LogP contribution in [0.4, 0.5) is 0 Å². The Hall–Kier alpha value is -0.160. The van der Waals surface area contributed by atoms with Gasteiger partial charge >= 0.3 is 0 Å². The van der Waals surface area contributed by atoms with Crippen molar-refractivity contribution in [3.8, 4) is 0 Å². The molecule has 3 atom stereocenters. The molecular weight excluding hydrogens is 172 g/mol. The monoisotopic (exact) mass is 190 g/mol. The van der Waals surface area contributed by atoms with Crippen molar-refractivity contribution in [1.29, 1.82) is 0 Å². The summed E-state index contributed by atoms with van der Waals surface area (Å²) in [5.74, 6) is -0.789. The normalized spacial score (nSPS) is 31.6. The Bertz CT molecular complexity index is 169. The van der Waals surface area contributed by atoms with Gasteiger partial charge in [0.25, 0.3) is 0 Å². The summed E-state index contributed by atoms with van der Waals surface area (Å²) in [6.45, 7) is 5.74. The van der Waals surface area contributed by atoms with E-state index in [4.69, 9.17) is 14.6 Å². The lowest BCUT2D eigenvalue weighted by Crippen LogP contribution is -2.36. The van der Waals surface area contributed by atoms with Gasteiger partial charge in [0.1, 0.15) is 6.10 Å². The molecule has 1 saturated heterocycles. The van der Waals surface area contributed by atoms with Crippen molar-refractivity contribution in [2.24, 2.45) is 5.92 Å². The fourth-order valence-corrected chi connectivity index (χ4v) is 1.36. The van der Waals surface area contributed by atoms with Crippen LogP contribution >= 0.6 is 0 Å². The van der Waals surface area contributed by atoms with E-state index in [1.165, 1.54) is 0 Å². The predicted octanol–water partition coefficient (Wildman–Crippen LogP) is 0.127. The van der Waals surface area contributed by atoms with Gasteiger partial charge in [0.05, 0.1) is 12.7 Å².